The van der Waals surface area contributed by atoms with Gasteiger partial charge in [0.15, 0.2) is 11.6 Å². The van der Waals surface area contributed by atoms with Gasteiger partial charge in [0.1, 0.15) is 12.7 Å². The van der Waals surface area contributed by atoms with E-state index in [9.17, 15) is 0 Å². The van der Waals surface area contributed by atoms with Crippen molar-refractivity contribution < 1.29 is 0 Å². The molecule has 0 fully saturated rings. The molecule has 0 spiro atoms. The van der Waals surface area contributed by atoms with E-state index in [1.54, 1.807) is 6.20 Å². The summed E-state index contributed by atoms with van der Waals surface area (Å²) in [6.07, 6.45) is 4.69. The standard InChI is InChI=1S/C13H10N8/c1-2-9-10(5-8(1)12-15-6-14-7-16-12)19-13(18-9)20-11-3-4-17-21-11/h1-7H,(H3,17,18,19,20,21). The number of nitrogens with one attached hydrogen (secondary N) is 3. The third-order valence-corrected chi connectivity index (χ3v) is 2.98. The third kappa shape index (κ3) is 2.18. The molecule has 3 N–H and O–H groups in total. The van der Waals surface area contributed by atoms with Crippen LogP contribution in [0, 0.1) is 0 Å². The molecule has 0 unspecified atom stereocenters. The van der Waals surface area contributed by atoms with Crippen LogP contribution in [0.15, 0.2) is 43.1 Å². The predicted molar refractivity (Wildman–Crippen MR) is 76.8 cm³/mol. The van der Waals surface area contributed by atoms with Crippen molar-refractivity contribution in [3.8, 4) is 11.4 Å². The highest BCUT2D eigenvalue weighted by Gasteiger charge is 2.07. The van der Waals surface area contributed by atoms with Crippen LogP contribution in [0.4, 0.5) is 11.8 Å². The number of imidazole rings is 1. The second-order valence-electron chi connectivity index (χ2n) is 4.36. The number of aromatic nitrogens is 7. The minimum absolute atomic E-state index is 0.622. The van der Waals surface area contributed by atoms with E-state index in [4.69, 9.17) is 0 Å². The second kappa shape index (κ2) is 4.67. The number of fused-ring (bicyclic) bond motifs is 1. The summed E-state index contributed by atoms with van der Waals surface area (Å²) in [5, 5.41) is 9.84. The molecule has 0 radical (unpaired) electrons. The number of anilines is 2. The Labute approximate surface area is 118 Å². The Bertz CT molecular complexity index is 866. The Kier molecular flexibility index (Phi) is 2.57. The summed E-state index contributed by atoms with van der Waals surface area (Å²) in [7, 11) is 0. The van der Waals surface area contributed by atoms with E-state index in [0.29, 0.717) is 17.6 Å². The van der Waals surface area contributed by atoms with E-state index in [2.05, 4.69) is 40.4 Å². The summed E-state index contributed by atoms with van der Waals surface area (Å²) < 4.78 is 0. The van der Waals surface area contributed by atoms with Crippen molar-refractivity contribution in [1.82, 2.24) is 35.1 Å². The average molecular weight is 278 g/mol. The van der Waals surface area contributed by atoms with Gasteiger partial charge in [-0.25, -0.2) is 19.9 Å². The Balaban J connectivity index is 1.71. The number of benzene rings is 1. The Morgan fingerprint density at radius 2 is 1.95 bits per heavy atom. The van der Waals surface area contributed by atoms with Crippen LogP contribution in [0.25, 0.3) is 22.4 Å². The number of nitrogens with zero attached hydrogens (tertiary/aromatic N) is 5. The number of aromatic amines is 2. The van der Waals surface area contributed by atoms with Crippen LogP contribution in [0.1, 0.15) is 0 Å². The van der Waals surface area contributed by atoms with E-state index >= 15 is 0 Å². The molecule has 0 saturated carbocycles. The maximum absolute atomic E-state index is 4.48. The molecular formula is C13H10N8. The van der Waals surface area contributed by atoms with Gasteiger partial charge < -0.3 is 10.3 Å². The van der Waals surface area contributed by atoms with Crippen LogP contribution in [0.5, 0.6) is 0 Å². The SMILES string of the molecule is c1ncnc(-c2ccc3[nH]c(Nc4cc[nH]n4)nc3c2)n1. The van der Waals surface area contributed by atoms with Gasteiger partial charge in [-0.05, 0) is 18.2 Å². The molecule has 21 heavy (non-hydrogen) atoms. The van der Waals surface area contributed by atoms with Gasteiger partial charge in [0, 0.05) is 17.8 Å². The summed E-state index contributed by atoms with van der Waals surface area (Å²) >= 11 is 0. The molecule has 1 aromatic carbocycles. The van der Waals surface area contributed by atoms with Crippen molar-refractivity contribution in [2.24, 2.45) is 0 Å². The lowest BCUT2D eigenvalue weighted by Gasteiger charge is -1.97. The Morgan fingerprint density at radius 3 is 2.76 bits per heavy atom. The fraction of sp³-hybridized carbons (Fsp3) is 0. The van der Waals surface area contributed by atoms with Crippen molar-refractivity contribution in [3.63, 3.8) is 0 Å². The minimum Gasteiger partial charge on any atom is -0.324 e. The zero-order chi connectivity index (χ0) is 14.1. The number of rotatable bonds is 3. The minimum atomic E-state index is 0.622. The van der Waals surface area contributed by atoms with Gasteiger partial charge >= 0.3 is 0 Å². The van der Waals surface area contributed by atoms with E-state index in [-0.39, 0.29) is 0 Å². The molecule has 0 saturated heterocycles. The summed E-state index contributed by atoms with van der Waals surface area (Å²) in [5.41, 5.74) is 2.64. The largest absolute Gasteiger partial charge is 0.324 e. The first-order valence-corrected chi connectivity index (χ1v) is 6.27. The molecule has 3 aromatic heterocycles. The van der Waals surface area contributed by atoms with Gasteiger partial charge in [0.05, 0.1) is 11.0 Å². The summed E-state index contributed by atoms with van der Waals surface area (Å²) in [6, 6.07) is 7.63. The fourth-order valence-electron chi connectivity index (χ4n) is 2.04. The van der Waals surface area contributed by atoms with E-state index in [0.717, 1.165) is 16.6 Å². The van der Waals surface area contributed by atoms with E-state index in [1.165, 1.54) is 12.7 Å². The predicted octanol–water partition coefficient (Wildman–Crippen LogP) is 1.88. The van der Waals surface area contributed by atoms with Crippen molar-refractivity contribution in [2.45, 2.75) is 0 Å². The van der Waals surface area contributed by atoms with Gasteiger partial charge in [-0.3, -0.25) is 5.10 Å². The molecule has 102 valence electrons. The highest BCUT2D eigenvalue weighted by atomic mass is 15.2. The topological polar surface area (TPSA) is 108 Å². The first-order valence-electron chi connectivity index (χ1n) is 6.27. The lowest BCUT2D eigenvalue weighted by atomic mass is 10.2. The van der Waals surface area contributed by atoms with Crippen molar-refractivity contribution in [3.05, 3.63) is 43.1 Å². The molecule has 4 rings (SSSR count). The first-order chi connectivity index (χ1) is 10.4. The van der Waals surface area contributed by atoms with Crippen molar-refractivity contribution in [1.29, 1.82) is 0 Å². The molecule has 4 aromatic rings. The van der Waals surface area contributed by atoms with Gasteiger partial charge in [0.2, 0.25) is 5.95 Å². The van der Waals surface area contributed by atoms with Gasteiger partial charge in [-0.2, -0.15) is 5.10 Å². The van der Waals surface area contributed by atoms with Crippen LogP contribution >= 0.6 is 0 Å². The fourth-order valence-corrected chi connectivity index (χ4v) is 2.04. The van der Waals surface area contributed by atoms with Crippen molar-refractivity contribution >= 4 is 22.8 Å². The van der Waals surface area contributed by atoms with E-state index < -0.39 is 0 Å². The zero-order valence-corrected chi connectivity index (χ0v) is 10.8. The zero-order valence-electron chi connectivity index (χ0n) is 10.8. The Hall–Kier alpha value is -3.29. The van der Waals surface area contributed by atoms with Gasteiger partial charge in [-0.15, -0.1) is 0 Å². The number of hydrogen-bond donors (Lipinski definition) is 3. The van der Waals surface area contributed by atoms with Gasteiger partial charge in [0.25, 0.3) is 0 Å². The van der Waals surface area contributed by atoms with E-state index in [1.807, 2.05) is 24.3 Å². The molecule has 8 nitrogen and oxygen atoms in total. The van der Waals surface area contributed by atoms with Crippen LogP contribution in [-0.4, -0.2) is 35.1 Å². The summed E-state index contributed by atoms with van der Waals surface area (Å²) in [6.45, 7) is 0. The molecule has 0 aliphatic rings. The average Bonchev–Trinajstić information content (AvgIpc) is 3.16. The van der Waals surface area contributed by atoms with Crippen LogP contribution in [0.3, 0.4) is 0 Å². The molecule has 0 amide bonds. The highest BCUT2D eigenvalue weighted by Crippen LogP contribution is 2.22. The van der Waals surface area contributed by atoms with Gasteiger partial charge in [-0.1, -0.05) is 0 Å². The molecule has 8 heteroatoms. The number of hydrogen-bond acceptors (Lipinski definition) is 6. The molecule has 0 bridgehead atoms. The monoisotopic (exact) mass is 278 g/mol. The maximum atomic E-state index is 4.48. The summed E-state index contributed by atoms with van der Waals surface area (Å²) in [4.78, 5) is 19.7. The molecule has 0 aliphatic heterocycles. The second-order valence-corrected chi connectivity index (χ2v) is 4.36. The molecule has 3 heterocycles. The summed E-state index contributed by atoms with van der Waals surface area (Å²) in [5.74, 6) is 1.95. The Morgan fingerprint density at radius 1 is 1.05 bits per heavy atom. The lowest BCUT2D eigenvalue weighted by molar-refractivity contribution is 1.06. The normalized spacial score (nSPS) is 10.9. The first kappa shape index (κ1) is 11.5. The molecule has 0 aliphatic carbocycles. The van der Waals surface area contributed by atoms with Crippen LogP contribution in [-0.2, 0) is 0 Å². The quantitative estimate of drug-likeness (QED) is 0.528. The van der Waals surface area contributed by atoms with Crippen molar-refractivity contribution in [2.75, 3.05) is 5.32 Å². The maximum Gasteiger partial charge on any atom is 0.206 e. The lowest BCUT2D eigenvalue weighted by Crippen LogP contribution is -1.91. The van der Waals surface area contributed by atoms with Crippen LogP contribution in [0.2, 0.25) is 0 Å². The smallest absolute Gasteiger partial charge is 0.206 e. The number of H-pyrrole nitrogens is 2. The highest BCUT2D eigenvalue weighted by molar-refractivity contribution is 5.82. The third-order valence-electron chi connectivity index (χ3n) is 2.98. The molecule has 0 atom stereocenters. The molecular weight excluding hydrogens is 268 g/mol. The van der Waals surface area contributed by atoms with Crippen LogP contribution < -0.4 is 5.32 Å².